The summed E-state index contributed by atoms with van der Waals surface area (Å²) in [6, 6.07) is 8.33. The van der Waals surface area contributed by atoms with Crippen molar-refractivity contribution in [2.75, 3.05) is 13.7 Å². The molecular formula is C17H18F3N3O2. The molecule has 1 aliphatic heterocycles. The first kappa shape index (κ1) is 17.6. The van der Waals surface area contributed by atoms with E-state index in [9.17, 15) is 18.3 Å². The van der Waals surface area contributed by atoms with E-state index in [1.807, 2.05) is 0 Å². The van der Waals surface area contributed by atoms with Crippen LogP contribution >= 0.6 is 0 Å². The standard InChI is InChI=1S/C17H18F3N3O2/c1-25-16-7-6-11(21-22-16)9-23-10-12(24)8-15(23)13-4-2-3-5-14(13)17(18,19)20/h2-7,12,15,24H,8-10H2,1H3/t12-,15-/m0/s1. The Morgan fingerprint density at radius 1 is 1.20 bits per heavy atom. The van der Waals surface area contributed by atoms with Gasteiger partial charge in [-0.05, 0) is 24.1 Å². The zero-order valence-corrected chi connectivity index (χ0v) is 13.6. The van der Waals surface area contributed by atoms with Crippen molar-refractivity contribution in [2.45, 2.75) is 31.3 Å². The smallest absolute Gasteiger partial charge is 0.416 e. The SMILES string of the molecule is COc1ccc(CN2C[C@@H](O)C[C@H]2c2ccccc2C(F)(F)F)nn1. The van der Waals surface area contributed by atoms with Gasteiger partial charge < -0.3 is 9.84 Å². The molecule has 1 fully saturated rings. The number of hydrogen-bond acceptors (Lipinski definition) is 5. The highest BCUT2D eigenvalue weighted by Crippen LogP contribution is 2.40. The molecule has 1 aromatic heterocycles. The van der Waals surface area contributed by atoms with Crippen LogP contribution in [0.1, 0.15) is 29.3 Å². The summed E-state index contributed by atoms with van der Waals surface area (Å²) in [7, 11) is 1.48. The van der Waals surface area contributed by atoms with Crippen molar-refractivity contribution in [2.24, 2.45) is 0 Å². The monoisotopic (exact) mass is 353 g/mol. The lowest BCUT2D eigenvalue weighted by Crippen LogP contribution is -2.26. The van der Waals surface area contributed by atoms with E-state index in [1.165, 1.54) is 19.2 Å². The maximum absolute atomic E-state index is 13.3. The predicted octanol–water partition coefficient (Wildman–Crippen LogP) is 2.81. The highest BCUT2D eigenvalue weighted by molar-refractivity contribution is 5.33. The minimum absolute atomic E-state index is 0.174. The van der Waals surface area contributed by atoms with Crippen LogP contribution in [-0.4, -0.2) is 40.0 Å². The van der Waals surface area contributed by atoms with E-state index >= 15 is 0 Å². The Bertz CT molecular complexity index is 722. The number of nitrogens with zero attached hydrogens (tertiary/aromatic N) is 3. The van der Waals surface area contributed by atoms with Crippen LogP contribution in [0.2, 0.25) is 0 Å². The first-order valence-corrected chi connectivity index (χ1v) is 7.83. The number of alkyl halides is 3. The molecule has 2 atom stereocenters. The van der Waals surface area contributed by atoms with E-state index in [2.05, 4.69) is 10.2 Å². The van der Waals surface area contributed by atoms with Crippen LogP contribution in [0.15, 0.2) is 36.4 Å². The Morgan fingerprint density at radius 3 is 2.60 bits per heavy atom. The topological polar surface area (TPSA) is 58.5 Å². The second kappa shape index (κ2) is 6.97. The minimum Gasteiger partial charge on any atom is -0.480 e. The molecule has 3 rings (SSSR count). The summed E-state index contributed by atoms with van der Waals surface area (Å²) in [5.74, 6) is 0.365. The third-order valence-electron chi connectivity index (χ3n) is 4.28. The molecule has 25 heavy (non-hydrogen) atoms. The first-order chi connectivity index (χ1) is 11.9. The lowest BCUT2D eigenvalue weighted by Gasteiger charge is -2.26. The normalized spacial score (nSPS) is 21.5. The van der Waals surface area contributed by atoms with Crippen molar-refractivity contribution < 1.29 is 23.0 Å². The molecule has 5 nitrogen and oxygen atoms in total. The third-order valence-corrected chi connectivity index (χ3v) is 4.28. The molecule has 1 aromatic carbocycles. The molecule has 1 saturated heterocycles. The average Bonchev–Trinajstić information content (AvgIpc) is 2.95. The fraction of sp³-hybridized carbons (Fsp3) is 0.412. The molecule has 0 amide bonds. The fourth-order valence-corrected chi connectivity index (χ4v) is 3.17. The summed E-state index contributed by atoms with van der Waals surface area (Å²) < 4.78 is 44.9. The van der Waals surface area contributed by atoms with Crippen LogP contribution in [0.25, 0.3) is 0 Å². The Morgan fingerprint density at radius 2 is 1.96 bits per heavy atom. The van der Waals surface area contributed by atoms with Crippen LogP contribution in [0.4, 0.5) is 13.2 Å². The summed E-state index contributed by atoms with van der Waals surface area (Å²) in [4.78, 5) is 1.80. The molecule has 2 heterocycles. The molecule has 0 spiro atoms. The number of aromatic nitrogens is 2. The van der Waals surface area contributed by atoms with Crippen LogP contribution in [0.5, 0.6) is 5.88 Å². The summed E-state index contributed by atoms with van der Waals surface area (Å²) in [5, 5.41) is 17.9. The molecule has 0 bridgehead atoms. The van der Waals surface area contributed by atoms with E-state index in [0.717, 1.165) is 6.07 Å². The number of methoxy groups -OCH3 is 1. The van der Waals surface area contributed by atoms with E-state index in [-0.39, 0.29) is 18.5 Å². The number of ether oxygens (including phenoxy) is 1. The molecule has 134 valence electrons. The molecule has 1 N–H and O–H groups in total. The van der Waals surface area contributed by atoms with E-state index < -0.39 is 23.9 Å². The highest BCUT2D eigenvalue weighted by atomic mass is 19.4. The highest BCUT2D eigenvalue weighted by Gasteiger charge is 2.39. The van der Waals surface area contributed by atoms with Crippen LogP contribution < -0.4 is 4.74 Å². The molecule has 1 aliphatic rings. The van der Waals surface area contributed by atoms with Gasteiger partial charge in [-0.2, -0.15) is 18.3 Å². The van der Waals surface area contributed by atoms with E-state index in [1.54, 1.807) is 23.1 Å². The lowest BCUT2D eigenvalue weighted by molar-refractivity contribution is -0.138. The van der Waals surface area contributed by atoms with E-state index in [0.29, 0.717) is 18.1 Å². The van der Waals surface area contributed by atoms with Gasteiger partial charge in [-0.25, -0.2) is 0 Å². The number of β-amino-alcohol motifs (C(OH)–C–C–N with tert-alkyl or cyclic N) is 1. The van der Waals surface area contributed by atoms with Gasteiger partial charge in [-0.3, -0.25) is 4.90 Å². The zero-order valence-electron chi connectivity index (χ0n) is 13.6. The van der Waals surface area contributed by atoms with Crippen molar-refractivity contribution in [3.8, 4) is 5.88 Å². The molecule has 0 aliphatic carbocycles. The molecule has 0 unspecified atom stereocenters. The van der Waals surface area contributed by atoms with Gasteiger partial charge in [0.2, 0.25) is 5.88 Å². The van der Waals surface area contributed by atoms with Gasteiger partial charge in [0.15, 0.2) is 0 Å². The van der Waals surface area contributed by atoms with Gasteiger partial charge in [-0.15, -0.1) is 5.10 Å². The van der Waals surface area contributed by atoms with E-state index in [4.69, 9.17) is 4.74 Å². The van der Waals surface area contributed by atoms with Crippen molar-refractivity contribution in [3.63, 3.8) is 0 Å². The summed E-state index contributed by atoms with van der Waals surface area (Å²) >= 11 is 0. The van der Waals surface area contributed by atoms with Crippen molar-refractivity contribution in [1.29, 1.82) is 0 Å². The van der Waals surface area contributed by atoms with Gasteiger partial charge in [-0.1, -0.05) is 18.2 Å². The number of likely N-dealkylation sites (tertiary alicyclic amines) is 1. The molecule has 0 saturated carbocycles. The number of hydrogen-bond donors (Lipinski definition) is 1. The predicted molar refractivity (Wildman–Crippen MR) is 83.8 cm³/mol. The van der Waals surface area contributed by atoms with Gasteiger partial charge in [0.25, 0.3) is 0 Å². The van der Waals surface area contributed by atoms with Gasteiger partial charge in [0, 0.05) is 25.2 Å². The van der Waals surface area contributed by atoms with Crippen LogP contribution in [0.3, 0.4) is 0 Å². The van der Waals surface area contributed by atoms with Gasteiger partial charge >= 0.3 is 6.18 Å². The zero-order chi connectivity index (χ0) is 18.0. The summed E-state index contributed by atoms with van der Waals surface area (Å²) in [6.07, 6.45) is -4.87. The molecule has 2 aromatic rings. The Kier molecular flexibility index (Phi) is 4.91. The minimum atomic E-state index is -4.43. The number of halogens is 3. The maximum Gasteiger partial charge on any atom is 0.416 e. The van der Waals surface area contributed by atoms with Crippen LogP contribution in [0, 0.1) is 0 Å². The largest absolute Gasteiger partial charge is 0.480 e. The van der Waals surface area contributed by atoms with Crippen molar-refractivity contribution in [1.82, 2.24) is 15.1 Å². The van der Waals surface area contributed by atoms with Crippen molar-refractivity contribution in [3.05, 3.63) is 53.2 Å². The maximum atomic E-state index is 13.3. The number of aliphatic hydroxyl groups excluding tert-OH is 1. The molecule has 8 heteroatoms. The van der Waals surface area contributed by atoms with Crippen LogP contribution in [-0.2, 0) is 12.7 Å². The Labute approximate surface area is 143 Å². The number of rotatable bonds is 4. The Hall–Kier alpha value is -2.19. The molecule has 0 radical (unpaired) electrons. The summed E-state index contributed by atoms with van der Waals surface area (Å²) in [6.45, 7) is 0.579. The first-order valence-electron chi connectivity index (χ1n) is 7.83. The third kappa shape index (κ3) is 3.91. The molecular weight excluding hydrogens is 335 g/mol. The number of aliphatic hydroxyl groups is 1. The second-order valence-corrected chi connectivity index (χ2v) is 5.99. The summed E-state index contributed by atoms with van der Waals surface area (Å²) in [5.41, 5.74) is 0.109. The Balaban J connectivity index is 1.87. The second-order valence-electron chi connectivity index (χ2n) is 5.99. The number of benzene rings is 1. The quantitative estimate of drug-likeness (QED) is 0.916. The van der Waals surface area contributed by atoms with Gasteiger partial charge in [0.1, 0.15) is 0 Å². The van der Waals surface area contributed by atoms with Gasteiger partial charge in [0.05, 0.1) is 24.5 Å². The fourth-order valence-electron chi connectivity index (χ4n) is 3.17. The lowest BCUT2D eigenvalue weighted by atomic mass is 9.97. The average molecular weight is 353 g/mol. The van der Waals surface area contributed by atoms with Crippen molar-refractivity contribution >= 4 is 0 Å².